The number of likely N-dealkylation sites (tertiary alicyclic amines) is 1. The first-order valence-corrected chi connectivity index (χ1v) is 8.18. The number of aromatic nitrogens is 1. The van der Waals surface area contributed by atoms with Crippen LogP contribution in [-0.2, 0) is 6.54 Å². The SMILES string of the molecule is CC1(CO)CCCN(Cc2ccccc2Oc2cccnc2)C1. The van der Waals surface area contributed by atoms with E-state index in [2.05, 4.69) is 22.9 Å². The van der Waals surface area contributed by atoms with Gasteiger partial charge in [0.15, 0.2) is 0 Å². The van der Waals surface area contributed by atoms with E-state index >= 15 is 0 Å². The molecule has 4 nitrogen and oxygen atoms in total. The highest BCUT2D eigenvalue weighted by Crippen LogP contribution is 2.31. The molecular formula is C19H24N2O2. The van der Waals surface area contributed by atoms with E-state index in [1.807, 2.05) is 30.3 Å². The van der Waals surface area contributed by atoms with E-state index in [0.717, 1.165) is 44.0 Å². The quantitative estimate of drug-likeness (QED) is 0.918. The molecule has 1 aliphatic rings. The molecule has 122 valence electrons. The van der Waals surface area contributed by atoms with Gasteiger partial charge in [-0.15, -0.1) is 0 Å². The van der Waals surface area contributed by atoms with E-state index in [-0.39, 0.29) is 12.0 Å². The molecule has 0 amide bonds. The molecule has 1 aliphatic heterocycles. The van der Waals surface area contributed by atoms with Crippen molar-refractivity contribution in [3.8, 4) is 11.5 Å². The molecule has 1 unspecified atom stereocenters. The fourth-order valence-corrected chi connectivity index (χ4v) is 3.20. The summed E-state index contributed by atoms with van der Waals surface area (Å²) in [6.45, 7) is 5.24. The molecule has 0 radical (unpaired) electrons. The number of nitrogens with zero attached hydrogens (tertiary/aromatic N) is 2. The third-order valence-electron chi connectivity index (χ3n) is 4.47. The predicted molar refractivity (Wildman–Crippen MR) is 90.5 cm³/mol. The lowest BCUT2D eigenvalue weighted by Gasteiger charge is -2.39. The molecular weight excluding hydrogens is 288 g/mol. The van der Waals surface area contributed by atoms with Crippen LogP contribution in [0.25, 0.3) is 0 Å². The summed E-state index contributed by atoms with van der Waals surface area (Å²) in [6, 6.07) is 11.9. The molecule has 1 fully saturated rings. The highest BCUT2D eigenvalue weighted by molar-refractivity contribution is 5.37. The number of benzene rings is 1. The predicted octanol–water partition coefficient (Wildman–Crippen LogP) is 3.47. The van der Waals surface area contributed by atoms with Crippen LogP contribution in [0.4, 0.5) is 0 Å². The zero-order valence-electron chi connectivity index (χ0n) is 13.6. The van der Waals surface area contributed by atoms with Crippen LogP contribution in [0.3, 0.4) is 0 Å². The fraction of sp³-hybridized carbons (Fsp3) is 0.421. The van der Waals surface area contributed by atoms with Crippen molar-refractivity contribution >= 4 is 0 Å². The topological polar surface area (TPSA) is 45.6 Å². The number of pyridine rings is 1. The second kappa shape index (κ2) is 7.11. The maximum atomic E-state index is 9.63. The second-order valence-corrected chi connectivity index (χ2v) is 6.68. The molecule has 0 saturated carbocycles. The van der Waals surface area contributed by atoms with Gasteiger partial charge in [0, 0.05) is 36.9 Å². The lowest BCUT2D eigenvalue weighted by molar-refractivity contribution is 0.0427. The van der Waals surface area contributed by atoms with Gasteiger partial charge in [-0.05, 0) is 37.6 Å². The van der Waals surface area contributed by atoms with Crippen LogP contribution in [0.2, 0.25) is 0 Å². The summed E-state index contributed by atoms with van der Waals surface area (Å²) in [5.74, 6) is 1.62. The standard InChI is InChI=1S/C19H24N2O2/c1-19(15-22)9-5-11-21(14-19)13-16-6-2-3-8-18(16)23-17-7-4-10-20-12-17/h2-4,6-8,10,12,22H,5,9,11,13-15H2,1H3. The van der Waals surface area contributed by atoms with Crippen LogP contribution in [0.1, 0.15) is 25.3 Å². The molecule has 0 spiro atoms. The second-order valence-electron chi connectivity index (χ2n) is 6.68. The highest BCUT2D eigenvalue weighted by atomic mass is 16.5. The Labute approximate surface area is 137 Å². The van der Waals surface area contributed by atoms with Crippen molar-refractivity contribution in [3.05, 3.63) is 54.4 Å². The molecule has 1 aromatic carbocycles. The number of ether oxygens (including phenoxy) is 1. The van der Waals surface area contributed by atoms with Gasteiger partial charge in [-0.3, -0.25) is 9.88 Å². The zero-order valence-corrected chi connectivity index (χ0v) is 13.6. The third-order valence-corrected chi connectivity index (χ3v) is 4.47. The Morgan fingerprint density at radius 3 is 2.91 bits per heavy atom. The van der Waals surface area contributed by atoms with Crippen LogP contribution in [0.5, 0.6) is 11.5 Å². The Kier molecular flexibility index (Phi) is 4.94. The fourth-order valence-electron chi connectivity index (χ4n) is 3.20. The van der Waals surface area contributed by atoms with Crippen molar-refractivity contribution in [1.82, 2.24) is 9.88 Å². The average Bonchev–Trinajstić information content (AvgIpc) is 2.58. The third kappa shape index (κ3) is 4.09. The molecule has 3 rings (SSSR count). The van der Waals surface area contributed by atoms with Crippen molar-refractivity contribution in [2.75, 3.05) is 19.7 Å². The maximum Gasteiger partial charge on any atom is 0.145 e. The summed E-state index contributed by atoms with van der Waals surface area (Å²) in [4.78, 5) is 6.50. The largest absolute Gasteiger partial charge is 0.455 e. The first kappa shape index (κ1) is 16.0. The molecule has 1 aromatic heterocycles. The Morgan fingerprint density at radius 1 is 1.26 bits per heavy atom. The van der Waals surface area contributed by atoms with Gasteiger partial charge in [-0.1, -0.05) is 25.1 Å². The van der Waals surface area contributed by atoms with E-state index in [4.69, 9.17) is 4.74 Å². The minimum Gasteiger partial charge on any atom is -0.455 e. The summed E-state index contributed by atoms with van der Waals surface area (Å²) in [6.07, 6.45) is 5.68. The van der Waals surface area contributed by atoms with Crippen LogP contribution < -0.4 is 4.74 Å². The van der Waals surface area contributed by atoms with Crippen LogP contribution in [0.15, 0.2) is 48.8 Å². The molecule has 0 bridgehead atoms. The van der Waals surface area contributed by atoms with Crippen molar-refractivity contribution in [3.63, 3.8) is 0 Å². The van der Waals surface area contributed by atoms with Crippen LogP contribution in [0, 0.1) is 5.41 Å². The summed E-state index contributed by atoms with van der Waals surface area (Å²) < 4.78 is 5.99. The van der Waals surface area contributed by atoms with Crippen molar-refractivity contribution in [1.29, 1.82) is 0 Å². The van der Waals surface area contributed by atoms with Gasteiger partial charge in [0.25, 0.3) is 0 Å². The smallest absolute Gasteiger partial charge is 0.145 e. The van der Waals surface area contributed by atoms with E-state index in [1.54, 1.807) is 12.4 Å². The van der Waals surface area contributed by atoms with Crippen LogP contribution in [-0.4, -0.2) is 34.7 Å². The number of rotatable bonds is 5. The number of piperidine rings is 1. The maximum absolute atomic E-state index is 9.63. The Balaban J connectivity index is 1.73. The summed E-state index contributed by atoms with van der Waals surface area (Å²) in [5, 5.41) is 9.63. The minimum atomic E-state index is 0.0113. The van der Waals surface area contributed by atoms with Crippen molar-refractivity contribution in [2.24, 2.45) is 5.41 Å². The zero-order chi connectivity index (χ0) is 16.1. The summed E-state index contributed by atoms with van der Waals surface area (Å²) in [5.41, 5.74) is 1.18. The normalized spacial score (nSPS) is 22.0. The van der Waals surface area contributed by atoms with Gasteiger partial charge >= 0.3 is 0 Å². The monoisotopic (exact) mass is 312 g/mol. The first-order valence-electron chi connectivity index (χ1n) is 8.18. The lowest BCUT2D eigenvalue weighted by Crippen LogP contribution is -2.43. The molecule has 4 heteroatoms. The molecule has 2 aromatic rings. The molecule has 2 heterocycles. The van der Waals surface area contributed by atoms with Gasteiger partial charge in [-0.25, -0.2) is 0 Å². The van der Waals surface area contributed by atoms with Gasteiger partial charge in [0.05, 0.1) is 6.20 Å². The minimum absolute atomic E-state index is 0.0113. The number of aliphatic hydroxyl groups is 1. The van der Waals surface area contributed by atoms with E-state index in [1.165, 1.54) is 5.56 Å². The first-order chi connectivity index (χ1) is 11.2. The summed E-state index contributed by atoms with van der Waals surface area (Å²) in [7, 11) is 0. The van der Waals surface area contributed by atoms with E-state index < -0.39 is 0 Å². The molecule has 1 N–H and O–H groups in total. The number of hydrogen-bond donors (Lipinski definition) is 1. The Bertz CT molecular complexity index is 632. The number of para-hydroxylation sites is 1. The number of hydrogen-bond acceptors (Lipinski definition) is 4. The molecule has 1 saturated heterocycles. The van der Waals surface area contributed by atoms with Gasteiger partial charge in [-0.2, -0.15) is 0 Å². The number of aliphatic hydroxyl groups excluding tert-OH is 1. The lowest BCUT2D eigenvalue weighted by atomic mass is 9.82. The van der Waals surface area contributed by atoms with E-state index in [9.17, 15) is 5.11 Å². The Hall–Kier alpha value is -1.91. The molecule has 0 aliphatic carbocycles. The van der Waals surface area contributed by atoms with Crippen molar-refractivity contribution in [2.45, 2.75) is 26.3 Å². The van der Waals surface area contributed by atoms with Gasteiger partial charge < -0.3 is 9.84 Å². The molecule has 23 heavy (non-hydrogen) atoms. The Morgan fingerprint density at radius 2 is 2.13 bits per heavy atom. The average molecular weight is 312 g/mol. The van der Waals surface area contributed by atoms with E-state index in [0.29, 0.717) is 0 Å². The highest BCUT2D eigenvalue weighted by Gasteiger charge is 2.30. The van der Waals surface area contributed by atoms with Crippen molar-refractivity contribution < 1.29 is 9.84 Å². The van der Waals surface area contributed by atoms with Crippen LogP contribution >= 0.6 is 0 Å². The molecule has 1 atom stereocenters. The summed E-state index contributed by atoms with van der Waals surface area (Å²) >= 11 is 0. The van der Waals surface area contributed by atoms with Gasteiger partial charge in [0.1, 0.15) is 11.5 Å². The van der Waals surface area contributed by atoms with Gasteiger partial charge in [0.2, 0.25) is 0 Å².